The van der Waals surface area contributed by atoms with E-state index in [4.69, 9.17) is 15.9 Å². The Hall–Kier alpha value is -2.22. The molecule has 0 saturated heterocycles. The molecule has 0 unspecified atom stereocenters. The smallest absolute Gasteiger partial charge is 0.185 e. The van der Waals surface area contributed by atoms with Gasteiger partial charge in [-0.2, -0.15) is 0 Å². The van der Waals surface area contributed by atoms with Crippen LogP contribution in [0.15, 0.2) is 35.4 Å². The molecule has 2 aromatic rings. The Balaban J connectivity index is 1.80. The van der Waals surface area contributed by atoms with E-state index >= 15 is 0 Å². The van der Waals surface area contributed by atoms with E-state index in [1.165, 1.54) is 0 Å². The normalized spacial score (nSPS) is 10.3. The van der Waals surface area contributed by atoms with E-state index in [1.807, 2.05) is 30.5 Å². The first kappa shape index (κ1) is 15.2. The second kappa shape index (κ2) is 7.53. The Bertz CT molecular complexity index is 583. The lowest BCUT2D eigenvalue weighted by molar-refractivity contribution is 0.414. The maximum absolute atomic E-state index is 7.06. The van der Waals surface area contributed by atoms with E-state index in [-0.39, 0.29) is 5.96 Å². The van der Waals surface area contributed by atoms with Gasteiger partial charge in [-0.1, -0.05) is 5.21 Å². The highest BCUT2D eigenvalue weighted by Crippen LogP contribution is 2.23. The molecule has 0 amide bonds. The number of hydrogen-bond acceptors (Lipinski definition) is 5. The lowest BCUT2D eigenvalue weighted by atomic mass is 10.3. The highest BCUT2D eigenvalue weighted by Gasteiger charge is 2.02. The fraction of sp³-hybridized carbons (Fsp3) is 0.308. The molecule has 0 radical (unpaired) electrons. The lowest BCUT2D eigenvalue weighted by Crippen LogP contribution is -2.32. The number of guanidine groups is 1. The fourth-order valence-corrected chi connectivity index (χ4v) is 2.42. The van der Waals surface area contributed by atoms with E-state index in [0.29, 0.717) is 13.1 Å². The Morgan fingerprint density at radius 3 is 2.86 bits per heavy atom. The summed E-state index contributed by atoms with van der Waals surface area (Å²) in [5, 5.41) is 17.9. The van der Waals surface area contributed by atoms with Crippen LogP contribution in [0, 0.1) is 5.41 Å². The molecular weight excluding hydrogens is 288 g/mol. The van der Waals surface area contributed by atoms with Gasteiger partial charge < -0.3 is 15.8 Å². The van der Waals surface area contributed by atoms with Gasteiger partial charge in [-0.05, 0) is 24.3 Å². The van der Waals surface area contributed by atoms with Gasteiger partial charge >= 0.3 is 0 Å². The number of thioether (sulfide) groups is 1. The lowest BCUT2D eigenvalue weighted by Gasteiger charge is -2.02. The van der Waals surface area contributed by atoms with E-state index in [0.717, 1.165) is 22.1 Å². The fourth-order valence-electron chi connectivity index (χ4n) is 1.65. The first-order valence-corrected chi connectivity index (χ1v) is 7.39. The van der Waals surface area contributed by atoms with Crippen LogP contribution >= 0.6 is 11.8 Å². The SMILES string of the molecule is COc1ccc(SCc2cn(CCNC(=N)N)nn2)cc1. The summed E-state index contributed by atoms with van der Waals surface area (Å²) in [5.41, 5.74) is 6.12. The third-order valence-electron chi connectivity index (χ3n) is 2.69. The predicted molar refractivity (Wildman–Crippen MR) is 82.5 cm³/mol. The molecule has 0 spiro atoms. The van der Waals surface area contributed by atoms with Gasteiger partial charge in [0, 0.05) is 23.4 Å². The van der Waals surface area contributed by atoms with Crippen molar-refractivity contribution in [1.29, 1.82) is 5.41 Å². The summed E-state index contributed by atoms with van der Waals surface area (Å²) in [4.78, 5) is 1.16. The van der Waals surface area contributed by atoms with Gasteiger partial charge in [-0.25, -0.2) is 0 Å². The Morgan fingerprint density at radius 2 is 2.19 bits per heavy atom. The summed E-state index contributed by atoms with van der Waals surface area (Å²) in [6, 6.07) is 7.91. The highest BCUT2D eigenvalue weighted by atomic mass is 32.2. The molecule has 1 aromatic heterocycles. The summed E-state index contributed by atoms with van der Waals surface area (Å²) in [6.07, 6.45) is 1.90. The largest absolute Gasteiger partial charge is 0.497 e. The molecule has 0 atom stereocenters. The summed E-state index contributed by atoms with van der Waals surface area (Å²) >= 11 is 1.69. The minimum absolute atomic E-state index is 0.0367. The first-order valence-electron chi connectivity index (χ1n) is 6.41. The summed E-state index contributed by atoms with van der Waals surface area (Å²) in [5.74, 6) is 1.57. The second-order valence-electron chi connectivity index (χ2n) is 4.28. The molecule has 2 rings (SSSR count). The van der Waals surface area contributed by atoms with Gasteiger partial charge in [0.1, 0.15) is 5.75 Å². The van der Waals surface area contributed by atoms with Gasteiger partial charge in [-0.15, -0.1) is 16.9 Å². The number of benzene rings is 1. The number of nitrogens with one attached hydrogen (secondary N) is 2. The maximum Gasteiger partial charge on any atom is 0.185 e. The van der Waals surface area contributed by atoms with Crippen molar-refractivity contribution in [2.45, 2.75) is 17.2 Å². The molecule has 0 aliphatic heterocycles. The molecule has 1 heterocycles. The number of ether oxygens (including phenoxy) is 1. The van der Waals surface area contributed by atoms with E-state index in [2.05, 4.69) is 15.6 Å². The van der Waals surface area contributed by atoms with Gasteiger partial charge in [0.25, 0.3) is 0 Å². The van der Waals surface area contributed by atoms with Crippen LogP contribution in [0.5, 0.6) is 5.75 Å². The Labute approximate surface area is 127 Å². The average Bonchev–Trinajstić information content (AvgIpc) is 2.93. The molecule has 1 aromatic carbocycles. The zero-order chi connectivity index (χ0) is 15.1. The number of methoxy groups -OCH3 is 1. The molecular formula is C13H18N6OS. The highest BCUT2D eigenvalue weighted by molar-refractivity contribution is 7.98. The molecule has 8 heteroatoms. The summed E-state index contributed by atoms with van der Waals surface area (Å²) in [7, 11) is 1.65. The third-order valence-corrected chi connectivity index (χ3v) is 3.73. The van der Waals surface area contributed by atoms with Crippen molar-refractivity contribution in [2.24, 2.45) is 5.73 Å². The van der Waals surface area contributed by atoms with Crippen molar-refractivity contribution in [3.05, 3.63) is 36.2 Å². The van der Waals surface area contributed by atoms with Crippen LogP contribution in [0.1, 0.15) is 5.69 Å². The number of rotatable bonds is 7. The number of nitrogens with zero attached hydrogens (tertiary/aromatic N) is 3. The van der Waals surface area contributed by atoms with Crippen LogP contribution in [0.3, 0.4) is 0 Å². The van der Waals surface area contributed by atoms with E-state index < -0.39 is 0 Å². The molecule has 4 N–H and O–H groups in total. The minimum Gasteiger partial charge on any atom is -0.497 e. The first-order chi connectivity index (χ1) is 10.2. The number of aromatic nitrogens is 3. The van der Waals surface area contributed by atoms with Crippen molar-refractivity contribution in [1.82, 2.24) is 20.3 Å². The van der Waals surface area contributed by atoms with Crippen LogP contribution < -0.4 is 15.8 Å². The number of nitrogens with two attached hydrogens (primary N) is 1. The number of hydrogen-bond donors (Lipinski definition) is 3. The monoisotopic (exact) mass is 306 g/mol. The Kier molecular flexibility index (Phi) is 5.44. The van der Waals surface area contributed by atoms with Gasteiger partial charge in [-0.3, -0.25) is 10.1 Å². The van der Waals surface area contributed by atoms with Gasteiger partial charge in [0.2, 0.25) is 0 Å². The molecule has 0 saturated carbocycles. The van der Waals surface area contributed by atoms with Crippen molar-refractivity contribution >= 4 is 17.7 Å². The zero-order valence-electron chi connectivity index (χ0n) is 11.7. The van der Waals surface area contributed by atoms with Gasteiger partial charge in [0.15, 0.2) is 5.96 Å². The van der Waals surface area contributed by atoms with Crippen LogP contribution in [0.4, 0.5) is 0 Å². The van der Waals surface area contributed by atoms with Crippen molar-refractivity contribution in [2.75, 3.05) is 13.7 Å². The molecule has 0 aliphatic carbocycles. The van der Waals surface area contributed by atoms with Crippen LogP contribution in [0.25, 0.3) is 0 Å². The molecule has 0 fully saturated rings. The molecule has 0 bridgehead atoms. The quantitative estimate of drug-likeness (QED) is 0.402. The molecule has 7 nitrogen and oxygen atoms in total. The molecule has 112 valence electrons. The minimum atomic E-state index is -0.0367. The van der Waals surface area contributed by atoms with E-state index in [9.17, 15) is 0 Å². The van der Waals surface area contributed by atoms with Crippen LogP contribution in [-0.4, -0.2) is 34.6 Å². The molecule has 21 heavy (non-hydrogen) atoms. The predicted octanol–water partition coefficient (Wildman–Crippen LogP) is 1.06. The summed E-state index contributed by atoms with van der Waals surface area (Å²) in [6.45, 7) is 1.18. The zero-order valence-corrected chi connectivity index (χ0v) is 12.6. The molecule has 0 aliphatic rings. The van der Waals surface area contributed by atoms with Crippen molar-refractivity contribution in [3.63, 3.8) is 0 Å². The summed E-state index contributed by atoms with van der Waals surface area (Å²) < 4.78 is 6.86. The van der Waals surface area contributed by atoms with Gasteiger partial charge in [0.05, 0.1) is 19.3 Å². The maximum atomic E-state index is 7.06. The standard InChI is InChI=1S/C13H18N6OS/c1-20-11-2-4-12(5-3-11)21-9-10-8-19(18-17-10)7-6-16-13(14)15/h2-5,8H,6-7,9H2,1H3,(H4,14,15,16). The van der Waals surface area contributed by atoms with Crippen LogP contribution in [0.2, 0.25) is 0 Å². The van der Waals surface area contributed by atoms with E-state index in [1.54, 1.807) is 23.6 Å². The van der Waals surface area contributed by atoms with Crippen molar-refractivity contribution in [3.8, 4) is 5.75 Å². The van der Waals surface area contributed by atoms with Crippen molar-refractivity contribution < 1.29 is 4.74 Å². The topological polar surface area (TPSA) is 102 Å². The average molecular weight is 306 g/mol. The van der Waals surface area contributed by atoms with Crippen LogP contribution in [-0.2, 0) is 12.3 Å². The third kappa shape index (κ3) is 4.99. The Morgan fingerprint density at radius 1 is 1.43 bits per heavy atom. The second-order valence-corrected chi connectivity index (χ2v) is 5.33.